The highest BCUT2D eigenvalue weighted by Crippen LogP contribution is 2.32. The first-order valence-corrected chi connectivity index (χ1v) is 12.9. The van der Waals surface area contributed by atoms with Crippen molar-refractivity contribution in [3.63, 3.8) is 0 Å². The molecule has 0 bridgehead atoms. The maximum Gasteiger partial charge on any atom is 0.324 e. The smallest absolute Gasteiger partial charge is 0.324 e. The zero-order valence-corrected chi connectivity index (χ0v) is 23.2. The van der Waals surface area contributed by atoms with E-state index in [1.807, 2.05) is 41.5 Å². The van der Waals surface area contributed by atoms with E-state index in [0.717, 1.165) is 6.42 Å². The van der Waals surface area contributed by atoms with E-state index in [4.69, 9.17) is 19.9 Å². The highest BCUT2D eigenvalue weighted by atomic mass is 16.6. The quantitative estimate of drug-likeness (QED) is 0.248. The summed E-state index contributed by atoms with van der Waals surface area (Å²) in [5, 5.41) is 9.91. The van der Waals surface area contributed by atoms with Gasteiger partial charge in [-0.05, 0) is 42.4 Å². The highest BCUT2D eigenvalue weighted by molar-refractivity contribution is 5.80. The fourth-order valence-electron chi connectivity index (χ4n) is 3.68. The van der Waals surface area contributed by atoms with Crippen molar-refractivity contribution in [1.82, 2.24) is 0 Å². The van der Waals surface area contributed by atoms with Gasteiger partial charge in [-0.15, -0.1) is 0 Å². The molecule has 0 aliphatic carbocycles. The molecule has 0 fully saturated rings. The van der Waals surface area contributed by atoms with Crippen molar-refractivity contribution in [2.45, 2.75) is 98.6 Å². The minimum absolute atomic E-state index is 0.0148. The highest BCUT2D eigenvalue weighted by Gasteiger charge is 2.37. The van der Waals surface area contributed by atoms with E-state index in [-0.39, 0.29) is 61.4 Å². The van der Waals surface area contributed by atoms with Crippen molar-refractivity contribution in [1.29, 1.82) is 0 Å². The molecule has 2 unspecified atom stereocenters. The minimum Gasteiger partial charge on any atom is -0.480 e. The van der Waals surface area contributed by atoms with Crippen LogP contribution < -0.4 is 15.2 Å². The molecule has 3 N–H and O–H groups in total. The Bertz CT molecular complexity index is 942. The van der Waals surface area contributed by atoms with Crippen molar-refractivity contribution in [2.24, 2.45) is 23.5 Å². The number of carboxylic acid groups (broad SMARTS) is 1. The molecule has 0 heterocycles. The molecule has 0 spiro atoms. The molecule has 0 amide bonds. The van der Waals surface area contributed by atoms with Gasteiger partial charge in [0.05, 0.1) is 0 Å². The maximum absolute atomic E-state index is 12.4. The summed E-state index contributed by atoms with van der Waals surface area (Å²) < 4.78 is 16.3. The average Bonchev–Trinajstić information content (AvgIpc) is 2.73. The molecule has 37 heavy (non-hydrogen) atoms. The summed E-state index contributed by atoms with van der Waals surface area (Å²) in [5.41, 5.74) is 4.98. The van der Waals surface area contributed by atoms with E-state index in [0.29, 0.717) is 5.56 Å². The Kier molecular flexibility index (Phi) is 12.8. The van der Waals surface area contributed by atoms with E-state index in [1.54, 1.807) is 13.0 Å². The van der Waals surface area contributed by atoms with Crippen LogP contribution in [0.3, 0.4) is 0 Å². The molecule has 208 valence electrons. The molecule has 9 heteroatoms. The Labute approximate surface area is 220 Å². The molecular formula is C28H43NO8. The van der Waals surface area contributed by atoms with Crippen LogP contribution in [0, 0.1) is 17.8 Å². The van der Waals surface area contributed by atoms with Crippen molar-refractivity contribution >= 4 is 23.9 Å². The standard InChI is InChI=1S/C28H43NO8/c1-8-19(6)13-26(32)35-20(7)15-28(29,27(33)34)16-21-9-10-22(36-24(30)11-17(2)3)23(14-21)37-25(31)12-18(4)5/h9-10,14,17-20H,8,11-13,15-16,29H2,1-7H3,(H,33,34)/t19?,20-,28?/m0/s1. The second-order valence-electron chi connectivity index (χ2n) is 10.8. The average molecular weight is 522 g/mol. The number of benzene rings is 1. The van der Waals surface area contributed by atoms with Crippen LogP contribution in [0.15, 0.2) is 18.2 Å². The number of hydrogen-bond acceptors (Lipinski definition) is 8. The molecule has 1 aromatic carbocycles. The molecule has 1 rings (SSSR count). The number of nitrogens with two attached hydrogens (primary N) is 1. The predicted octanol–water partition coefficient (Wildman–Crippen LogP) is 4.67. The van der Waals surface area contributed by atoms with Gasteiger partial charge in [-0.3, -0.25) is 19.2 Å². The molecule has 9 nitrogen and oxygen atoms in total. The SMILES string of the molecule is CCC(C)CC(=O)O[C@@H](C)CC(N)(Cc1ccc(OC(=O)CC(C)C)c(OC(=O)CC(C)C)c1)C(=O)O. The number of carbonyl (C=O) groups excluding carboxylic acids is 3. The summed E-state index contributed by atoms with van der Waals surface area (Å²) in [5.74, 6) is -2.28. The predicted molar refractivity (Wildman–Crippen MR) is 139 cm³/mol. The topological polar surface area (TPSA) is 142 Å². The van der Waals surface area contributed by atoms with E-state index in [2.05, 4.69) is 0 Å². The van der Waals surface area contributed by atoms with Crippen LogP contribution in [-0.2, 0) is 30.3 Å². The molecule has 0 radical (unpaired) electrons. The van der Waals surface area contributed by atoms with Crippen LogP contribution in [0.1, 0.15) is 86.1 Å². The molecule has 0 aliphatic heterocycles. The van der Waals surface area contributed by atoms with Gasteiger partial charge in [0.25, 0.3) is 0 Å². The first kappa shape index (κ1) is 32.1. The monoisotopic (exact) mass is 521 g/mol. The van der Waals surface area contributed by atoms with Crippen LogP contribution in [0.4, 0.5) is 0 Å². The van der Waals surface area contributed by atoms with Crippen molar-refractivity contribution < 1.29 is 38.5 Å². The van der Waals surface area contributed by atoms with Crippen LogP contribution in [0.2, 0.25) is 0 Å². The van der Waals surface area contributed by atoms with Gasteiger partial charge >= 0.3 is 23.9 Å². The second-order valence-corrected chi connectivity index (χ2v) is 10.8. The first-order chi connectivity index (χ1) is 17.1. The first-order valence-electron chi connectivity index (χ1n) is 12.9. The number of ether oxygens (including phenoxy) is 3. The maximum atomic E-state index is 12.4. The molecule has 1 aromatic rings. The number of hydrogen-bond donors (Lipinski definition) is 2. The summed E-state index contributed by atoms with van der Waals surface area (Å²) in [6.07, 6.45) is 0.419. The zero-order chi connectivity index (χ0) is 28.3. The normalized spacial score (nSPS) is 14.5. The molecule has 3 atom stereocenters. The van der Waals surface area contributed by atoms with E-state index >= 15 is 0 Å². The van der Waals surface area contributed by atoms with E-state index in [9.17, 15) is 24.3 Å². The van der Waals surface area contributed by atoms with Gasteiger partial charge in [-0.25, -0.2) is 0 Å². The lowest BCUT2D eigenvalue weighted by atomic mass is 9.86. The van der Waals surface area contributed by atoms with Gasteiger partial charge in [0.15, 0.2) is 11.5 Å². The van der Waals surface area contributed by atoms with Gasteiger partial charge in [0, 0.05) is 32.1 Å². The lowest BCUT2D eigenvalue weighted by Gasteiger charge is -2.28. The number of carboxylic acids is 1. The van der Waals surface area contributed by atoms with Crippen LogP contribution in [-0.4, -0.2) is 40.6 Å². The van der Waals surface area contributed by atoms with Crippen molar-refractivity contribution in [3.05, 3.63) is 23.8 Å². The van der Waals surface area contributed by atoms with Crippen LogP contribution in [0.5, 0.6) is 11.5 Å². The van der Waals surface area contributed by atoms with Gasteiger partial charge in [-0.1, -0.05) is 54.0 Å². The summed E-state index contributed by atoms with van der Waals surface area (Å²) in [6.45, 7) is 13.0. The van der Waals surface area contributed by atoms with E-state index in [1.165, 1.54) is 12.1 Å². The van der Waals surface area contributed by atoms with E-state index < -0.39 is 35.5 Å². The lowest BCUT2D eigenvalue weighted by Crippen LogP contribution is -2.52. The fraction of sp³-hybridized carbons (Fsp3) is 0.643. The Morgan fingerprint density at radius 2 is 1.41 bits per heavy atom. The Morgan fingerprint density at radius 3 is 1.89 bits per heavy atom. The third-order valence-corrected chi connectivity index (χ3v) is 5.75. The third kappa shape index (κ3) is 11.8. The van der Waals surface area contributed by atoms with Gasteiger partial charge in [0.1, 0.15) is 11.6 Å². The summed E-state index contributed by atoms with van der Waals surface area (Å²) in [7, 11) is 0. The number of carbonyl (C=O) groups is 4. The summed E-state index contributed by atoms with van der Waals surface area (Å²) in [4.78, 5) is 48.9. The second kappa shape index (κ2) is 14.7. The minimum atomic E-state index is -1.76. The van der Waals surface area contributed by atoms with Crippen LogP contribution in [0.25, 0.3) is 0 Å². The number of esters is 3. The largest absolute Gasteiger partial charge is 0.480 e. The van der Waals surface area contributed by atoms with Crippen molar-refractivity contribution in [2.75, 3.05) is 0 Å². The lowest BCUT2D eigenvalue weighted by molar-refractivity contribution is -0.154. The number of aliphatic carboxylic acids is 1. The zero-order valence-electron chi connectivity index (χ0n) is 23.2. The molecule has 0 saturated heterocycles. The molecular weight excluding hydrogens is 478 g/mol. The third-order valence-electron chi connectivity index (χ3n) is 5.75. The molecule has 0 aliphatic rings. The molecule has 0 saturated carbocycles. The van der Waals surface area contributed by atoms with Gasteiger partial charge in [-0.2, -0.15) is 0 Å². The Hall–Kier alpha value is -2.94. The van der Waals surface area contributed by atoms with Crippen LogP contribution >= 0.6 is 0 Å². The van der Waals surface area contributed by atoms with Crippen molar-refractivity contribution in [3.8, 4) is 11.5 Å². The Morgan fingerprint density at radius 1 is 0.865 bits per heavy atom. The van der Waals surface area contributed by atoms with Gasteiger partial charge in [0.2, 0.25) is 0 Å². The summed E-state index contributed by atoms with van der Waals surface area (Å²) in [6, 6.07) is 4.49. The fourth-order valence-corrected chi connectivity index (χ4v) is 3.68. The number of rotatable bonds is 15. The summed E-state index contributed by atoms with van der Waals surface area (Å²) >= 11 is 0. The van der Waals surface area contributed by atoms with Gasteiger partial charge < -0.3 is 25.1 Å². The molecule has 0 aromatic heterocycles. The Balaban J connectivity index is 3.15.